The van der Waals surface area contributed by atoms with E-state index in [0.717, 1.165) is 7.11 Å². The van der Waals surface area contributed by atoms with Crippen molar-refractivity contribution in [1.29, 1.82) is 0 Å². The van der Waals surface area contributed by atoms with Crippen LogP contribution in [0.1, 0.15) is 17.2 Å². The Labute approximate surface area is 103 Å². The van der Waals surface area contributed by atoms with Crippen molar-refractivity contribution in [3.63, 3.8) is 0 Å². The topological polar surface area (TPSA) is 125 Å². The van der Waals surface area contributed by atoms with E-state index in [1.54, 1.807) is 0 Å². The first-order valence-corrected chi connectivity index (χ1v) is 5.03. The van der Waals surface area contributed by atoms with Gasteiger partial charge in [-0.2, -0.15) is 0 Å². The van der Waals surface area contributed by atoms with Gasteiger partial charge in [0.25, 0.3) is 0 Å². The number of carbonyl (C=O) groups excluding carboxylic acids is 1. The molecule has 0 saturated carbocycles. The Morgan fingerprint density at radius 3 is 2.33 bits per heavy atom. The molecule has 0 aliphatic heterocycles. The van der Waals surface area contributed by atoms with Gasteiger partial charge in [0.2, 0.25) is 0 Å². The van der Waals surface area contributed by atoms with Crippen LogP contribution in [0, 0.1) is 0 Å². The number of oxime groups is 1. The molecule has 0 amide bonds. The van der Waals surface area contributed by atoms with Gasteiger partial charge in [0.05, 0.1) is 7.11 Å². The maximum atomic E-state index is 11.0. The van der Waals surface area contributed by atoms with Crippen LogP contribution in [0.2, 0.25) is 0 Å². The van der Waals surface area contributed by atoms with E-state index in [9.17, 15) is 15.0 Å². The molecule has 1 aromatic carbocycles. The lowest BCUT2D eigenvalue weighted by Gasteiger charge is -2.16. The minimum atomic E-state index is -1.66. The van der Waals surface area contributed by atoms with E-state index < -0.39 is 18.2 Å². The third kappa shape index (κ3) is 2.96. The predicted molar refractivity (Wildman–Crippen MR) is 61.9 cm³/mol. The SMILES string of the molecule is COC(=O)C(O)C(O)c1ccc(C(N)=NO)cc1. The summed E-state index contributed by atoms with van der Waals surface area (Å²) in [7, 11) is 1.11. The standard InChI is InChI=1S/C11H14N2O5/c1-18-11(16)9(15)8(14)6-2-4-7(5-3-6)10(12)13-17/h2-5,8-9,14-15,17H,1H3,(H2,12,13). The Balaban J connectivity index is 2.88. The second kappa shape index (κ2) is 5.99. The van der Waals surface area contributed by atoms with Crippen LogP contribution in [0.15, 0.2) is 29.4 Å². The highest BCUT2D eigenvalue weighted by Gasteiger charge is 2.26. The number of aliphatic hydroxyl groups is 2. The summed E-state index contributed by atoms with van der Waals surface area (Å²) in [6, 6.07) is 5.86. The molecule has 7 nitrogen and oxygen atoms in total. The molecule has 2 unspecified atom stereocenters. The zero-order valence-corrected chi connectivity index (χ0v) is 9.65. The second-order valence-corrected chi connectivity index (χ2v) is 3.52. The lowest BCUT2D eigenvalue weighted by atomic mass is 10.0. The molecule has 5 N–H and O–H groups in total. The first kappa shape index (κ1) is 13.9. The van der Waals surface area contributed by atoms with Crippen molar-refractivity contribution in [2.24, 2.45) is 10.9 Å². The first-order chi connectivity index (χ1) is 8.51. The highest BCUT2D eigenvalue weighted by Crippen LogP contribution is 2.18. The van der Waals surface area contributed by atoms with Gasteiger partial charge < -0.3 is 25.9 Å². The minimum absolute atomic E-state index is 0.0791. The van der Waals surface area contributed by atoms with Gasteiger partial charge in [-0.3, -0.25) is 0 Å². The number of benzene rings is 1. The summed E-state index contributed by atoms with van der Waals surface area (Å²) in [5, 5.41) is 30.5. The highest BCUT2D eigenvalue weighted by atomic mass is 16.5. The van der Waals surface area contributed by atoms with Crippen LogP contribution in [0.3, 0.4) is 0 Å². The largest absolute Gasteiger partial charge is 0.467 e. The van der Waals surface area contributed by atoms with Gasteiger partial charge in [-0.05, 0) is 5.56 Å². The van der Waals surface area contributed by atoms with Gasteiger partial charge in [0.15, 0.2) is 11.9 Å². The van der Waals surface area contributed by atoms with E-state index in [2.05, 4.69) is 9.89 Å². The number of methoxy groups -OCH3 is 1. The number of nitrogens with two attached hydrogens (primary N) is 1. The Hall–Kier alpha value is -2.12. The van der Waals surface area contributed by atoms with Crippen LogP contribution in [-0.4, -0.2) is 40.4 Å². The number of hydrogen-bond acceptors (Lipinski definition) is 6. The second-order valence-electron chi connectivity index (χ2n) is 3.52. The number of nitrogens with zero attached hydrogens (tertiary/aromatic N) is 1. The van der Waals surface area contributed by atoms with Crippen LogP contribution < -0.4 is 5.73 Å². The monoisotopic (exact) mass is 254 g/mol. The molecule has 0 spiro atoms. The summed E-state index contributed by atoms with van der Waals surface area (Å²) in [5.74, 6) is -1.01. The summed E-state index contributed by atoms with van der Waals surface area (Å²) in [6.45, 7) is 0. The average Bonchev–Trinajstić information content (AvgIpc) is 2.44. The quantitative estimate of drug-likeness (QED) is 0.186. The average molecular weight is 254 g/mol. The number of esters is 1. The van der Waals surface area contributed by atoms with Crippen molar-refractivity contribution in [2.75, 3.05) is 7.11 Å². The van der Waals surface area contributed by atoms with Gasteiger partial charge in [0, 0.05) is 5.56 Å². The minimum Gasteiger partial charge on any atom is -0.467 e. The van der Waals surface area contributed by atoms with Crippen molar-refractivity contribution in [3.8, 4) is 0 Å². The number of ether oxygens (including phenoxy) is 1. The summed E-state index contributed by atoms with van der Waals surface area (Å²) in [6.07, 6.45) is -3.07. The summed E-state index contributed by atoms with van der Waals surface area (Å²) >= 11 is 0. The Morgan fingerprint density at radius 2 is 1.89 bits per heavy atom. The zero-order chi connectivity index (χ0) is 13.7. The molecule has 1 aromatic rings. The fourth-order valence-corrected chi connectivity index (χ4v) is 1.34. The number of rotatable bonds is 4. The molecule has 0 aliphatic rings. The molecule has 1 rings (SSSR count). The van der Waals surface area contributed by atoms with Crippen LogP contribution in [0.25, 0.3) is 0 Å². The van der Waals surface area contributed by atoms with Crippen LogP contribution >= 0.6 is 0 Å². The molecule has 0 aliphatic carbocycles. The molecular formula is C11H14N2O5. The predicted octanol–water partition coefficient (Wildman–Crippen LogP) is -0.652. The van der Waals surface area contributed by atoms with E-state index in [-0.39, 0.29) is 5.84 Å². The molecular weight excluding hydrogens is 240 g/mol. The third-order valence-corrected chi connectivity index (χ3v) is 2.40. The van der Waals surface area contributed by atoms with Gasteiger partial charge in [-0.15, -0.1) is 0 Å². The molecule has 0 saturated heterocycles. The maximum absolute atomic E-state index is 11.0. The maximum Gasteiger partial charge on any atom is 0.337 e. The van der Waals surface area contributed by atoms with E-state index in [0.29, 0.717) is 11.1 Å². The smallest absolute Gasteiger partial charge is 0.337 e. The van der Waals surface area contributed by atoms with Gasteiger partial charge >= 0.3 is 5.97 Å². The van der Waals surface area contributed by atoms with Crippen LogP contribution in [0.5, 0.6) is 0 Å². The molecule has 7 heteroatoms. The van der Waals surface area contributed by atoms with Crippen molar-refractivity contribution in [3.05, 3.63) is 35.4 Å². The summed E-state index contributed by atoms with van der Waals surface area (Å²) in [5.41, 5.74) is 6.12. The normalized spacial score (nSPS) is 14.9. The van der Waals surface area contributed by atoms with E-state index in [1.165, 1.54) is 24.3 Å². The lowest BCUT2D eigenvalue weighted by molar-refractivity contribution is -0.156. The molecule has 0 fully saturated rings. The fourth-order valence-electron chi connectivity index (χ4n) is 1.34. The molecule has 2 atom stereocenters. The molecule has 18 heavy (non-hydrogen) atoms. The lowest BCUT2D eigenvalue weighted by Crippen LogP contribution is -2.29. The first-order valence-electron chi connectivity index (χ1n) is 5.03. The van der Waals surface area contributed by atoms with E-state index in [4.69, 9.17) is 10.9 Å². The molecule has 0 radical (unpaired) electrons. The zero-order valence-electron chi connectivity index (χ0n) is 9.65. The summed E-state index contributed by atoms with van der Waals surface area (Å²) < 4.78 is 4.31. The van der Waals surface area contributed by atoms with E-state index >= 15 is 0 Å². The Kier molecular flexibility index (Phi) is 4.64. The Morgan fingerprint density at radius 1 is 1.33 bits per heavy atom. The molecule has 98 valence electrons. The molecule has 0 bridgehead atoms. The summed E-state index contributed by atoms with van der Waals surface area (Å²) in [4.78, 5) is 11.0. The van der Waals surface area contributed by atoms with Crippen molar-refractivity contribution < 1.29 is 25.0 Å². The van der Waals surface area contributed by atoms with Crippen molar-refractivity contribution in [2.45, 2.75) is 12.2 Å². The van der Waals surface area contributed by atoms with Crippen molar-refractivity contribution in [1.82, 2.24) is 0 Å². The number of carbonyl (C=O) groups is 1. The van der Waals surface area contributed by atoms with E-state index in [1.807, 2.05) is 0 Å². The number of aliphatic hydroxyl groups excluding tert-OH is 2. The Bertz CT molecular complexity index is 443. The number of amidine groups is 1. The van der Waals surface area contributed by atoms with Crippen molar-refractivity contribution >= 4 is 11.8 Å². The number of hydrogen-bond donors (Lipinski definition) is 4. The van der Waals surface area contributed by atoms with Crippen LogP contribution in [0.4, 0.5) is 0 Å². The highest BCUT2D eigenvalue weighted by molar-refractivity contribution is 5.97. The third-order valence-electron chi connectivity index (χ3n) is 2.40. The van der Waals surface area contributed by atoms with Gasteiger partial charge in [-0.25, -0.2) is 4.79 Å². The van der Waals surface area contributed by atoms with Gasteiger partial charge in [0.1, 0.15) is 6.10 Å². The molecule has 0 heterocycles. The fraction of sp³-hybridized carbons (Fsp3) is 0.273. The molecule has 0 aromatic heterocycles. The van der Waals surface area contributed by atoms with Crippen LogP contribution in [-0.2, 0) is 9.53 Å². The van der Waals surface area contributed by atoms with Gasteiger partial charge in [-0.1, -0.05) is 29.4 Å².